The van der Waals surface area contributed by atoms with Crippen molar-refractivity contribution in [2.75, 3.05) is 14.2 Å². The lowest BCUT2D eigenvalue weighted by Gasteiger charge is -2.15. The first-order chi connectivity index (χ1) is 20.2. The van der Waals surface area contributed by atoms with Crippen LogP contribution in [0, 0.1) is 0 Å². The highest BCUT2D eigenvalue weighted by Crippen LogP contribution is 2.39. The molecular weight excluding hydrogens is 571 g/mol. The molecule has 0 N–H and O–H groups in total. The Morgan fingerprint density at radius 1 is 0.929 bits per heavy atom. The van der Waals surface area contributed by atoms with Crippen LogP contribution in [0.2, 0.25) is 5.02 Å². The highest BCUT2D eigenvalue weighted by Gasteiger charge is 2.31. The second-order valence-electron chi connectivity index (χ2n) is 9.06. The Labute approximate surface area is 243 Å². The van der Waals surface area contributed by atoms with E-state index < -0.39 is 17.3 Å². The first-order valence-electron chi connectivity index (χ1n) is 12.5. The molecule has 0 unspecified atom stereocenters. The third-order valence-electron chi connectivity index (χ3n) is 6.30. The molecule has 0 atom stereocenters. The zero-order valence-electron chi connectivity index (χ0n) is 22.4. The van der Waals surface area contributed by atoms with Crippen molar-refractivity contribution in [3.05, 3.63) is 117 Å². The zero-order chi connectivity index (χ0) is 29.9. The van der Waals surface area contributed by atoms with E-state index in [-0.39, 0.29) is 23.4 Å². The summed E-state index contributed by atoms with van der Waals surface area (Å²) in [7, 11) is 2.93. The highest BCUT2D eigenvalue weighted by atomic mass is 35.5. The molecule has 1 aromatic heterocycles. The maximum atomic E-state index is 13.5. The summed E-state index contributed by atoms with van der Waals surface area (Å²) >= 11 is 5.96. The highest BCUT2D eigenvalue weighted by molar-refractivity contribution is 6.30. The van der Waals surface area contributed by atoms with Crippen molar-refractivity contribution in [1.29, 1.82) is 0 Å². The van der Waals surface area contributed by atoms with E-state index in [4.69, 9.17) is 25.8 Å². The average Bonchev–Trinajstić information content (AvgIpc) is 2.99. The predicted octanol–water partition coefficient (Wildman–Crippen LogP) is 7.21. The maximum Gasteiger partial charge on any atom is 0.416 e. The standard InChI is InChI=1S/C31H23ClF3N3O4/c1-40-26-14-20(15-27(41-2)28(26)42-18-19-10-12-23(32)13-11-19)17-36-38-29(21-6-5-7-22(16-21)31(33,34)35)37-25-9-4-3-8-24(25)30(38)39/h3-17H,18H2,1-2H3. The molecule has 0 radical (unpaired) electrons. The molecule has 0 aliphatic rings. The molecular formula is C31H23ClF3N3O4. The molecule has 0 aliphatic heterocycles. The van der Waals surface area contributed by atoms with Gasteiger partial charge in [-0.05, 0) is 54.1 Å². The fourth-order valence-electron chi connectivity index (χ4n) is 4.23. The third-order valence-corrected chi connectivity index (χ3v) is 6.56. The molecule has 11 heteroatoms. The molecule has 0 saturated carbocycles. The number of ether oxygens (including phenoxy) is 3. The molecule has 0 fully saturated rings. The van der Waals surface area contributed by atoms with E-state index in [1.807, 2.05) is 12.1 Å². The monoisotopic (exact) mass is 593 g/mol. The molecule has 7 nitrogen and oxygen atoms in total. The van der Waals surface area contributed by atoms with E-state index in [0.29, 0.717) is 33.4 Å². The summed E-state index contributed by atoms with van der Waals surface area (Å²) in [5.41, 5.74) is 0.322. The molecule has 42 heavy (non-hydrogen) atoms. The Kier molecular flexibility index (Phi) is 8.17. The summed E-state index contributed by atoms with van der Waals surface area (Å²) in [5, 5.41) is 5.21. The number of rotatable bonds is 8. The zero-order valence-corrected chi connectivity index (χ0v) is 23.1. The summed E-state index contributed by atoms with van der Waals surface area (Å²) in [4.78, 5) is 18.0. The van der Waals surface area contributed by atoms with Crippen LogP contribution in [0.15, 0.2) is 94.8 Å². The van der Waals surface area contributed by atoms with E-state index in [2.05, 4.69) is 10.1 Å². The minimum absolute atomic E-state index is 0.0529. The molecule has 0 amide bonds. The molecule has 5 aromatic rings. The fraction of sp³-hybridized carbons (Fsp3) is 0.129. The van der Waals surface area contributed by atoms with Crippen molar-refractivity contribution in [3.8, 4) is 28.6 Å². The second-order valence-corrected chi connectivity index (χ2v) is 9.50. The van der Waals surface area contributed by atoms with Gasteiger partial charge >= 0.3 is 6.18 Å². The first kappa shape index (κ1) is 28.7. The van der Waals surface area contributed by atoms with Crippen molar-refractivity contribution in [3.63, 3.8) is 0 Å². The number of hydrogen-bond donors (Lipinski definition) is 0. The molecule has 1 heterocycles. The second kappa shape index (κ2) is 12.0. The van der Waals surface area contributed by atoms with Crippen molar-refractivity contribution in [2.45, 2.75) is 12.8 Å². The Bertz CT molecular complexity index is 1810. The van der Waals surface area contributed by atoms with Gasteiger partial charge < -0.3 is 14.2 Å². The van der Waals surface area contributed by atoms with Crippen molar-refractivity contribution >= 4 is 28.7 Å². The van der Waals surface area contributed by atoms with Gasteiger partial charge in [0, 0.05) is 16.1 Å². The van der Waals surface area contributed by atoms with Crippen LogP contribution in [-0.4, -0.2) is 30.1 Å². The van der Waals surface area contributed by atoms with Gasteiger partial charge in [0.15, 0.2) is 17.3 Å². The number of methoxy groups -OCH3 is 2. The number of halogens is 4. The maximum absolute atomic E-state index is 13.5. The number of nitrogens with zero attached hydrogens (tertiary/aromatic N) is 3. The van der Waals surface area contributed by atoms with E-state index in [1.165, 1.54) is 32.6 Å². The average molecular weight is 594 g/mol. The molecule has 5 rings (SSSR count). The van der Waals surface area contributed by atoms with Crippen LogP contribution < -0.4 is 19.8 Å². The van der Waals surface area contributed by atoms with Crippen molar-refractivity contribution in [1.82, 2.24) is 9.66 Å². The topological polar surface area (TPSA) is 74.9 Å². The van der Waals surface area contributed by atoms with Crippen LogP contribution in [0.1, 0.15) is 16.7 Å². The van der Waals surface area contributed by atoms with Crippen LogP contribution in [0.5, 0.6) is 17.2 Å². The smallest absolute Gasteiger partial charge is 0.416 e. The minimum Gasteiger partial charge on any atom is -0.493 e. The molecule has 214 valence electrons. The fourth-order valence-corrected chi connectivity index (χ4v) is 4.36. The lowest BCUT2D eigenvalue weighted by atomic mass is 10.1. The molecule has 0 saturated heterocycles. The van der Waals surface area contributed by atoms with Crippen LogP contribution in [0.25, 0.3) is 22.3 Å². The van der Waals surface area contributed by atoms with Crippen molar-refractivity contribution < 1.29 is 27.4 Å². The Balaban J connectivity index is 1.56. The number of para-hydroxylation sites is 1. The Morgan fingerprint density at radius 2 is 1.62 bits per heavy atom. The van der Waals surface area contributed by atoms with Crippen LogP contribution in [0.4, 0.5) is 13.2 Å². The lowest BCUT2D eigenvalue weighted by molar-refractivity contribution is -0.137. The number of fused-ring (bicyclic) bond motifs is 1. The number of benzene rings is 4. The summed E-state index contributed by atoms with van der Waals surface area (Å²) in [5.74, 6) is 0.975. The van der Waals surface area contributed by atoms with Gasteiger partial charge in [0.25, 0.3) is 5.56 Å². The van der Waals surface area contributed by atoms with Gasteiger partial charge in [0.05, 0.1) is 36.9 Å². The van der Waals surface area contributed by atoms with Crippen LogP contribution in [0.3, 0.4) is 0 Å². The first-order valence-corrected chi connectivity index (χ1v) is 12.9. The lowest BCUT2D eigenvalue weighted by Crippen LogP contribution is -2.20. The van der Waals surface area contributed by atoms with E-state index in [1.54, 1.807) is 48.5 Å². The largest absolute Gasteiger partial charge is 0.493 e. The van der Waals surface area contributed by atoms with E-state index in [0.717, 1.165) is 22.4 Å². The van der Waals surface area contributed by atoms with Gasteiger partial charge in [0.1, 0.15) is 6.61 Å². The van der Waals surface area contributed by atoms with Gasteiger partial charge in [-0.1, -0.05) is 48.0 Å². The Morgan fingerprint density at radius 3 is 2.29 bits per heavy atom. The third kappa shape index (κ3) is 6.08. The number of hydrogen-bond acceptors (Lipinski definition) is 6. The molecule has 0 spiro atoms. The summed E-state index contributed by atoms with van der Waals surface area (Å²) in [6.45, 7) is 0.218. The summed E-state index contributed by atoms with van der Waals surface area (Å²) < 4.78 is 58.4. The normalized spacial score (nSPS) is 11.7. The molecule has 0 bridgehead atoms. The van der Waals surface area contributed by atoms with E-state index >= 15 is 0 Å². The Hall–Kier alpha value is -4.83. The SMILES string of the molecule is COc1cc(C=Nn2c(-c3cccc(C(F)(F)F)c3)nc3ccccc3c2=O)cc(OC)c1OCc1ccc(Cl)cc1. The minimum atomic E-state index is -4.58. The van der Waals surface area contributed by atoms with E-state index in [9.17, 15) is 18.0 Å². The summed E-state index contributed by atoms with van der Waals surface area (Å²) in [6.07, 6.45) is -3.21. The van der Waals surface area contributed by atoms with Gasteiger partial charge in [-0.15, -0.1) is 0 Å². The number of aromatic nitrogens is 2. The van der Waals surface area contributed by atoms with Crippen molar-refractivity contribution in [2.24, 2.45) is 5.10 Å². The molecule has 0 aliphatic carbocycles. The van der Waals surface area contributed by atoms with Gasteiger partial charge in [0.2, 0.25) is 5.75 Å². The van der Waals surface area contributed by atoms with Crippen LogP contribution in [-0.2, 0) is 12.8 Å². The van der Waals surface area contributed by atoms with Gasteiger partial charge in [-0.2, -0.15) is 22.9 Å². The summed E-state index contributed by atoms with van der Waals surface area (Å²) in [6, 6.07) is 21.6. The van der Waals surface area contributed by atoms with Gasteiger partial charge in [-0.25, -0.2) is 4.98 Å². The van der Waals surface area contributed by atoms with Crippen LogP contribution >= 0.6 is 11.6 Å². The quantitative estimate of drug-likeness (QED) is 0.178. The predicted molar refractivity (Wildman–Crippen MR) is 155 cm³/mol. The van der Waals surface area contributed by atoms with Gasteiger partial charge in [-0.3, -0.25) is 4.79 Å². The number of alkyl halides is 3. The molecule has 4 aromatic carbocycles.